The van der Waals surface area contributed by atoms with Gasteiger partial charge in [0, 0.05) is 50.3 Å². The maximum Gasteiger partial charge on any atom is 0.147 e. The van der Waals surface area contributed by atoms with Gasteiger partial charge in [0.05, 0.1) is 42.9 Å². The Balaban J connectivity index is 1.32. The Morgan fingerprint density at radius 2 is 2.07 bits per heavy atom. The zero-order chi connectivity index (χ0) is 20.2. The lowest BCUT2D eigenvalue weighted by Gasteiger charge is -2.42. The van der Waals surface area contributed by atoms with Crippen molar-refractivity contribution >= 4 is 22.3 Å². The first-order valence-electron chi connectivity index (χ1n) is 10.7. The summed E-state index contributed by atoms with van der Waals surface area (Å²) in [5.41, 5.74) is 4.89. The molecule has 0 N–H and O–H groups in total. The van der Waals surface area contributed by atoms with E-state index < -0.39 is 0 Å². The Morgan fingerprint density at radius 3 is 2.90 bits per heavy atom. The van der Waals surface area contributed by atoms with Crippen molar-refractivity contribution in [1.82, 2.24) is 14.4 Å². The largest absolute Gasteiger partial charge is 0.497 e. The van der Waals surface area contributed by atoms with Gasteiger partial charge in [0.2, 0.25) is 0 Å². The molecule has 5 heterocycles. The van der Waals surface area contributed by atoms with E-state index in [-0.39, 0.29) is 6.17 Å². The van der Waals surface area contributed by atoms with E-state index in [9.17, 15) is 0 Å². The molecule has 4 aliphatic rings. The number of aryl methyl sites for hydroxylation is 1. The van der Waals surface area contributed by atoms with Gasteiger partial charge < -0.3 is 28.7 Å². The third kappa shape index (κ3) is 2.65. The Bertz CT molecular complexity index is 1080. The van der Waals surface area contributed by atoms with Gasteiger partial charge in [-0.3, -0.25) is 4.99 Å². The number of methoxy groups -OCH3 is 1. The molecule has 156 valence electrons. The molecular weight excluding hydrogens is 378 g/mol. The molecule has 0 radical (unpaired) electrons. The second-order valence-electron chi connectivity index (χ2n) is 8.47. The van der Waals surface area contributed by atoms with Crippen LogP contribution in [0.15, 0.2) is 53.6 Å². The number of hydrogen-bond acceptors (Lipinski definition) is 6. The van der Waals surface area contributed by atoms with E-state index in [0.717, 1.165) is 50.7 Å². The molecule has 1 aromatic heterocycles. The molecule has 1 atom stereocenters. The van der Waals surface area contributed by atoms with Crippen LogP contribution < -0.4 is 9.64 Å². The molecule has 0 saturated carbocycles. The fourth-order valence-electron chi connectivity index (χ4n) is 5.22. The van der Waals surface area contributed by atoms with Crippen LogP contribution >= 0.6 is 0 Å². The molecule has 7 nitrogen and oxygen atoms in total. The highest BCUT2D eigenvalue weighted by Gasteiger charge is 2.42. The maximum absolute atomic E-state index is 5.59. The van der Waals surface area contributed by atoms with Gasteiger partial charge in [-0.2, -0.15) is 0 Å². The SMILES string of the molecule is COc1ccc2c(c1)c(N1CC3=CN=C4C=CN(C5CCOCC5)C4N3C1)cn2C. The van der Waals surface area contributed by atoms with Gasteiger partial charge in [-0.05, 0) is 37.1 Å². The molecule has 0 amide bonds. The van der Waals surface area contributed by atoms with Gasteiger partial charge in [-0.25, -0.2) is 0 Å². The molecule has 1 aromatic carbocycles. The highest BCUT2D eigenvalue weighted by Crippen LogP contribution is 2.38. The van der Waals surface area contributed by atoms with Crippen molar-refractivity contribution in [2.45, 2.75) is 25.0 Å². The van der Waals surface area contributed by atoms with Crippen molar-refractivity contribution < 1.29 is 9.47 Å². The van der Waals surface area contributed by atoms with Crippen LogP contribution in [0.2, 0.25) is 0 Å². The number of ether oxygens (including phenoxy) is 2. The molecule has 2 saturated heterocycles. The number of benzene rings is 1. The van der Waals surface area contributed by atoms with Crippen LogP contribution in [0.3, 0.4) is 0 Å². The van der Waals surface area contributed by atoms with Crippen LogP contribution in [0.4, 0.5) is 5.69 Å². The minimum absolute atomic E-state index is 0.197. The smallest absolute Gasteiger partial charge is 0.147 e. The zero-order valence-electron chi connectivity index (χ0n) is 17.5. The van der Waals surface area contributed by atoms with E-state index in [4.69, 9.17) is 14.5 Å². The van der Waals surface area contributed by atoms with E-state index >= 15 is 0 Å². The van der Waals surface area contributed by atoms with Crippen LogP contribution in [-0.4, -0.2) is 65.8 Å². The van der Waals surface area contributed by atoms with Gasteiger partial charge in [0.15, 0.2) is 0 Å². The summed E-state index contributed by atoms with van der Waals surface area (Å²) in [4.78, 5) is 12.3. The first kappa shape index (κ1) is 17.9. The fraction of sp³-hybridized carbons (Fsp3) is 0.435. The Kier molecular flexibility index (Phi) is 4.06. The third-order valence-electron chi connectivity index (χ3n) is 6.80. The molecular formula is C23H27N5O2. The number of nitrogens with zero attached hydrogens (tertiary/aromatic N) is 5. The normalized spacial score (nSPS) is 23.7. The molecule has 6 rings (SSSR count). The molecule has 2 fully saturated rings. The van der Waals surface area contributed by atoms with Gasteiger partial charge in [0.25, 0.3) is 0 Å². The summed E-state index contributed by atoms with van der Waals surface area (Å²) in [5, 5.41) is 1.23. The topological polar surface area (TPSA) is 45.5 Å². The first-order valence-corrected chi connectivity index (χ1v) is 10.7. The number of aliphatic imine (C=N–C) groups is 1. The van der Waals surface area contributed by atoms with Crippen LogP contribution in [0, 0.1) is 0 Å². The van der Waals surface area contributed by atoms with Crippen LogP contribution in [0.25, 0.3) is 10.9 Å². The molecule has 2 aromatic rings. The number of hydrogen-bond donors (Lipinski definition) is 0. The molecule has 0 spiro atoms. The Hall–Kier alpha value is -2.93. The van der Waals surface area contributed by atoms with Gasteiger partial charge in [-0.1, -0.05) is 0 Å². The Morgan fingerprint density at radius 1 is 1.20 bits per heavy atom. The van der Waals surface area contributed by atoms with Gasteiger partial charge in [-0.15, -0.1) is 0 Å². The lowest BCUT2D eigenvalue weighted by Crippen LogP contribution is -2.52. The third-order valence-corrected chi connectivity index (χ3v) is 6.80. The van der Waals surface area contributed by atoms with Crippen molar-refractivity contribution in [1.29, 1.82) is 0 Å². The lowest BCUT2D eigenvalue weighted by atomic mass is 10.1. The van der Waals surface area contributed by atoms with E-state index in [1.54, 1.807) is 7.11 Å². The monoisotopic (exact) mass is 405 g/mol. The van der Waals surface area contributed by atoms with Crippen molar-refractivity contribution in [2.75, 3.05) is 38.4 Å². The molecule has 0 bridgehead atoms. The van der Waals surface area contributed by atoms with Crippen molar-refractivity contribution in [2.24, 2.45) is 12.0 Å². The Labute approximate surface area is 176 Å². The number of rotatable bonds is 3. The highest BCUT2D eigenvalue weighted by molar-refractivity contribution is 6.02. The second kappa shape index (κ2) is 6.80. The van der Waals surface area contributed by atoms with Gasteiger partial charge >= 0.3 is 0 Å². The van der Waals surface area contributed by atoms with E-state index in [1.165, 1.54) is 22.3 Å². The quantitative estimate of drug-likeness (QED) is 0.786. The molecule has 4 aliphatic heterocycles. The van der Waals surface area contributed by atoms with E-state index in [0.29, 0.717) is 6.04 Å². The summed E-state index contributed by atoms with van der Waals surface area (Å²) < 4.78 is 13.3. The zero-order valence-corrected chi connectivity index (χ0v) is 17.5. The number of anilines is 1. The van der Waals surface area contributed by atoms with Crippen LogP contribution in [-0.2, 0) is 11.8 Å². The average molecular weight is 406 g/mol. The van der Waals surface area contributed by atoms with Crippen LogP contribution in [0.5, 0.6) is 5.75 Å². The summed E-state index contributed by atoms with van der Waals surface area (Å²) in [6, 6.07) is 6.82. The van der Waals surface area contributed by atoms with Crippen molar-refractivity contribution in [3.8, 4) is 5.75 Å². The fourth-order valence-corrected chi connectivity index (χ4v) is 5.22. The van der Waals surface area contributed by atoms with Crippen molar-refractivity contribution in [3.63, 3.8) is 0 Å². The molecule has 0 aliphatic carbocycles. The summed E-state index contributed by atoms with van der Waals surface area (Å²) in [5.74, 6) is 0.891. The van der Waals surface area contributed by atoms with E-state index in [2.05, 4.69) is 63.1 Å². The van der Waals surface area contributed by atoms with E-state index in [1.807, 2.05) is 6.07 Å². The van der Waals surface area contributed by atoms with Crippen LogP contribution in [0.1, 0.15) is 12.8 Å². The standard InChI is InChI=1S/C23H27N5O2/c1-25-14-22(19-11-18(29-2)3-4-21(19)25)26-13-17-12-24-20-5-8-27(23(20)28(17)15-26)16-6-9-30-10-7-16/h3-5,8,11-12,14,16,23H,6-7,9-10,13,15H2,1-2H3. The minimum atomic E-state index is 0.197. The summed E-state index contributed by atoms with van der Waals surface area (Å²) in [6.07, 6.45) is 11.0. The first-order chi connectivity index (χ1) is 14.7. The lowest BCUT2D eigenvalue weighted by molar-refractivity contribution is 0.0285. The minimum Gasteiger partial charge on any atom is -0.497 e. The molecule has 1 unspecified atom stereocenters. The summed E-state index contributed by atoms with van der Waals surface area (Å²) >= 11 is 0. The van der Waals surface area contributed by atoms with Gasteiger partial charge in [0.1, 0.15) is 11.9 Å². The maximum atomic E-state index is 5.59. The van der Waals surface area contributed by atoms with Crippen molar-refractivity contribution in [3.05, 3.63) is 48.6 Å². The summed E-state index contributed by atoms with van der Waals surface area (Å²) in [7, 11) is 3.83. The number of fused-ring (bicyclic) bond motifs is 4. The molecule has 30 heavy (non-hydrogen) atoms. The number of aromatic nitrogens is 1. The predicted molar refractivity (Wildman–Crippen MR) is 118 cm³/mol. The highest BCUT2D eigenvalue weighted by atomic mass is 16.5. The molecule has 7 heteroatoms. The summed E-state index contributed by atoms with van der Waals surface area (Å²) in [6.45, 7) is 3.42. The predicted octanol–water partition coefficient (Wildman–Crippen LogP) is 2.90. The average Bonchev–Trinajstić information content (AvgIpc) is 3.48. The second-order valence-corrected chi connectivity index (χ2v) is 8.47.